The molecule has 0 bridgehead atoms. The third kappa shape index (κ3) is 5.06. The van der Waals surface area contributed by atoms with E-state index in [1.807, 2.05) is 109 Å². The Morgan fingerprint density at radius 2 is 1.14 bits per heavy atom. The van der Waals surface area contributed by atoms with Gasteiger partial charge in [-0.05, 0) is 23.5 Å². The van der Waals surface area contributed by atoms with Gasteiger partial charge < -0.3 is 9.67 Å². The van der Waals surface area contributed by atoms with E-state index in [1.54, 1.807) is 0 Å². The van der Waals surface area contributed by atoms with Crippen molar-refractivity contribution in [1.82, 2.24) is 0 Å². The zero-order chi connectivity index (χ0) is 24.7. The van der Waals surface area contributed by atoms with Gasteiger partial charge >= 0.3 is 0 Å². The molecule has 0 saturated heterocycles. The van der Waals surface area contributed by atoms with Gasteiger partial charge in [0, 0.05) is 10.6 Å². The van der Waals surface area contributed by atoms with Crippen molar-refractivity contribution < 1.29 is 9.67 Å². The number of hydrogen-bond donors (Lipinski definition) is 1. The lowest BCUT2D eigenvalue weighted by molar-refractivity contribution is 0.0145. The maximum absolute atomic E-state index is 15.8. The van der Waals surface area contributed by atoms with E-state index in [2.05, 4.69) is 26.0 Å². The van der Waals surface area contributed by atoms with Crippen molar-refractivity contribution in [3.63, 3.8) is 0 Å². The Kier molecular flexibility index (Phi) is 8.06. The van der Waals surface area contributed by atoms with Gasteiger partial charge in [0.15, 0.2) is 0 Å². The van der Waals surface area contributed by atoms with Crippen LogP contribution in [0.25, 0.3) is 0 Å². The molecule has 0 amide bonds. The van der Waals surface area contributed by atoms with E-state index in [0.29, 0.717) is 6.42 Å². The van der Waals surface area contributed by atoms with Crippen molar-refractivity contribution in [3.05, 3.63) is 132 Å². The molecule has 4 aromatic carbocycles. The SMILES string of the molecule is CCCC[C@@](O)(c1ccccc1)[C@H]([C@H](C)c1ccccc1)P(=O)(c1ccccc1)c1ccccc1. The molecule has 0 saturated carbocycles. The van der Waals surface area contributed by atoms with Crippen LogP contribution < -0.4 is 10.6 Å². The van der Waals surface area contributed by atoms with Crippen molar-refractivity contribution in [2.75, 3.05) is 0 Å². The Bertz CT molecular complexity index is 1180. The van der Waals surface area contributed by atoms with E-state index in [0.717, 1.165) is 34.6 Å². The third-order valence-electron chi connectivity index (χ3n) is 7.14. The Hall–Kier alpha value is -2.93. The molecule has 1 N–H and O–H groups in total. The van der Waals surface area contributed by atoms with Gasteiger partial charge in [0.05, 0.1) is 5.66 Å². The van der Waals surface area contributed by atoms with Crippen LogP contribution >= 0.6 is 7.14 Å². The smallest absolute Gasteiger partial charge is 0.149 e. The first-order valence-corrected chi connectivity index (χ1v) is 14.3. The first kappa shape index (κ1) is 25.2. The summed E-state index contributed by atoms with van der Waals surface area (Å²) in [4.78, 5) is 0. The predicted molar refractivity (Wildman–Crippen MR) is 148 cm³/mol. The van der Waals surface area contributed by atoms with Gasteiger partial charge in [-0.15, -0.1) is 0 Å². The first-order chi connectivity index (χ1) is 17.0. The Labute approximate surface area is 210 Å². The molecule has 35 heavy (non-hydrogen) atoms. The normalized spacial score (nSPS) is 15.2. The molecule has 2 nitrogen and oxygen atoms in total. The van der Waals surface area contributed by atoms with Crippen LogP contribution in [-0.4, -0.2) is 10.8 Å². The number of benzene rings is 4. The monoisotopic (exact) mass is 482 g/mol. The summed E-state index contributed by atoms with van der Waals surface area (Å²) in [6.45, 7) is 4.26. The standard InChI is InChI=1S/C32H35O2P/c1-3-4-25-32(33,28-19-11-6-12-20-28)31(26(2)27-17-9-5-10-18-27)35(34,29-21-13-7-14-22-29)30-23-15-8-16-24-30/h5-24,26,31,33H,3-4,25H2,1-2H3/t26-,31+,32-/m1/s1. The zero-order valence-corrected chi connectivity index (χ0v) is 21.5. The van der Waals surface area contributed by atoms with Crippen molar-refractivity contribution in [2.45, 2.75) is 50.3 Å². The van der Waals surface area contributed by atoms with Gasteiger partial charge in [-0.2, -0.15) is 0 Å². The van der Waals surface area contributed by atoms with E-state index < -0.39 is 18.4 Å². The van der Waals surface area contributed by atoms with E-state index in [4.69, 9.17) is 0 Å². The van der Waals surface area contributed by atoms with Gasteiger partial charge in [0.1, 0.15) is 12.7 Å². The van der Waals surface area contributed by atoms with Crippen LogP contribution in [0.15, 0.2) is 121 Å². The quantitative estimate of drug-likeness (QED) is 0.242. The summed E-state index contributed by atoms with van der Waals surface area (Å²) in [5, 5.41) is 14.4. The molecule has 0 spiro atoms. The summed E-state index contributed by atoms with van der Waals surface area (Å²) in [6, 6.07) is 39.6. The molecule has 0 aromatic heterocycles. The maximum atomic E-state index is 15.8. The second-order valence-electron chi connectivity index (χ2n) is 9.37. The molecule has 0 radical (unpaired) electrons. The summed E-state index contributed by atoms with van der Waals surface area (Å²) in [5.74, 6) is -0.162. The van der Waals surface area contributed by atoms with Crippen molar-refractivity contribution in [1.29, 1.82) is 0 Å². The fourth-order valence-corrected chi connectivity index (χ4v) is 9.23. The molecule has 4 rings (SSSR count). The van der Waals surface area contributed by atoms with Gasteiger partial charge in [-0.1, -0.05) is 148 Å². The summed E-state index contributed by atoms with van der Waals surface area (Å²) < 4.78 is 15.8. The molecule has 3 atom stereocenters. The topological polar surface area (TPSA) is 37.3 Å². The molecule has 3 heteroatoms. The third-order valence-corrected chi connectivity index (χ3v) is 10.9. The fourth-order valence-electron chi connectivity index (χ4n) is 5.37. The first-order valence-electron chi connectivity index (χ1n) is 12.6. The Morgan fingerprint density at radius 1 is 0.714 bits per heavy atom. The van der Waals surface area contributed by atoms with E-state index >= 15 is 4.57 Å². The highest BCUT2D eigenvalue weighted by Crippen LogP contribution is 2.60. The molecule has 4 aromatic rings. The number of rotatable bonds is 10. The summed E-state index contributed by atoms with van der Waals surface area (Å²) in [6.07, 6.45) is 2.33. The zero-order valence-electron chi connectivity index (χ0n) is 20.6. The van der Waals surface area contributed by atoms with E-state index in [-0.39, 0.29) is 5.92 Å². The number of hydrogen-bond acceptors (Lipinski definition) is 2. The minimum atomic E-state index is -3.33. The molecule has 0 heterocycles. The van der Waals surface area contributed by atoms with E-state index in [1.165, 1.54) is 0 Å². The van der Waals surface area contributed by atoms with Crippen LogP contribution in [0.3, 0.4) is 0 Å². The maximum Gasteiger partial charge on any atom is 0.149 e. The molecular weight excluding hydrogens is 447 g/mol. The van der Waals surface area contributed by atoms with Crippen LogP contribution in [-0.2, 0) is 10.2 Å². The lowest BCUT2D eigenvalue weighted by Gasteiger charge is -2.45. The Balaban J connectivity index is 2.05. The van der Waals surface area contributed by atoms with Gasteiger partial charge in [0.25, 0.3) is 0 Å². The second-order valence-corrected chi connectivity index (χ2v) is 12.3. The number of aliphatic hydroxyl groups is 1. The van der Waals surface area contributed by atoms with E-state index in [9.17, 15) is 5.11 Å². The fraction of sp³-hybridized carbons (Fsp3) is 0.250. The molecule has 180 valence electrons. The summed E-state index contributed by atoms with van der Waals surface area (Å²) in [5.41, 5.74) is 0.0631. The second kappa shape index (κ2) is 11.2. The largest absolute Gasteiger partial charge is 0.384 e. The van der Waals surface area contributed by atoms with Gasteiger partial charge in [-0.3, -0.25) is 0 Å². The minimum Gasteiger partial charge on any atom is -0.384 e. The summed E-state index contributed by atoms with van der Waals surface area (Å²) in [7, 11) is -3.33. The van der Waals surface area contributed by atoms with Gasteiger partial charge in [0.2, 0.25) is 0 Å². The molecule has 0 aliphatic heterocycles. The average Bonchev–Trinajstić information content (AvgIpc) is 2.93. The van der Waals surface area contributed by atoms with Crippen molar-refractivity contribution in [2.24, 2.45) is 0 Å². The molecule has 0 aliphatic carbocycles. The van der Waals surface area contributed by atoms with Crippen LogP contribution in [0.2, 0.25) is 0 Å². The molecule has 0 fully saturated rings. The minimum absolute atomic E-state index is 0.162. The summed E-state index contributed by atoms with van der Waals surface area (Å²) >= 11 is 0. The van der Waals surface area contributed by atoms with Crippen molar-refractivity contribution in [3.8, 4) is 0 Å². The highest BCUT2D eigenvalue weighted by molar-refractivity contribution is 7.79. The van der Waals surface area contributed by atoms with Crippen LogP contribution in [0, 0.1) is 0 Å². The molecule has 0 unspecified atom stereocenters. The van der Waals surface area contributed by atoms with Crippen LogP contribution in [0.4, 0.5) is 0 Å². The average molecular weight is 483 g/mol. The molecule has 0 aliphatic rings. The van der Waals surface area contributed by atoms with Crippen molar-refractivity contribution >= 4 is 17.8 Å². The van der Waals surface area contributed by atoms with Gasteiger partial charge in [-0.25, -0.2) is 0 Å². The predicted octanol–water partition coefficient (Wildman–Crippen LogP) is 7.25. The highest BCUT2D eigenvalue weighted by atomic mass is 31.2. The lowest BCUT2D eigenvalue weighted by atomic mass is 9.78. The molecular formula is C32H35O2P. The van der Waals surface area contributed by atoms with Crippen LogP contribution in [0.1, 0.15) is 50.2 Å². The Morgan fingerprint density at radius 3 is 1.60 bits per heavy atom. The lowest BCUT2D eigenvalue weighted by Crippen LogP contribution is -2.46. The van der Waals surface area contributed by atoms with Crippen LogP contribution in [0.5, 0.6) is 0 Å². The number of unbranched alkanes of at least 4 members (excludes halogenated alkanes) is 1. The highest BCUT2D eigenvalue weighted by Gasteiger charge is 2.52.